The maximum absolute atomic E-state index is 12.5. The van der Waals surface area contributed by atoms with Crippen molar-refractivity contribution in [2.75, 3.05) is 34.5 Å². The van der Waals surface area contributed by atoms with Crippen LogP contribution in [-0.4, -0.2) is 49.6 Å². The fraction of sp³-hybridized carbons (Fsp3) is 0.375. The molecule has 1 aliphatic heterocycles. The van der Waals surface area contributed by atoms with Crippen LogP contribution in [-0.2, 0) is 9.53 Å². The van der Waals surface area contributed by atoms with Crippen molar-refractivity contribution in [1.82, 2.24) is 4.90 Å². The molecule has 0 bridgehead atoms. The number of amides is 1. The molecule has 0 unspecified atom stereocenters. The van der Waals surface area contributed by atoms with E-state index in [0.29, 0.717) is 33.9 Å². The van der Waals surface area contributed by atoms with Gasteiger partial charge in [-0.05, 0) is 24.6 Å². The second-order valence-corrected chi connectivity index (χ2v) is 6.46. The summed E-state index contributed by atoms with van der Waals surface area (Å²) in [6.07, 6.45) is 2.55. The molecule has 1 heterocycles. The summed E-state index contributed by atoms with van der Waals surface area (Å²) in [6, 6.07) is 5.47. The summed E-state index contributed by atoms with van der Waals surface area (Å²) < 4.78 is 16.1. The van der Waals surface area contributed by atoms with Crippen LogP contribution in [0.4, 0.5) is 0 Å². The summed E-state index contributed by atoms with van der Waals surface area (Å²) in [5.41, 5.74) is 0.811. The Morgan fingerprint density at radius 3 is 2.70 bits per heavy atom. The Kier molecular flexibility index (Phi) is 6.44. The summed E-state index contributed by atoms with van der Waals surface area (Å²) in [4.78, 5) is 14.7. The van der Waals surface area contributed by atoms with E-state index in [9.17, 15) is 4.79 Å². The number of rotatable bonds is 7. The fourth-order valence-corrected chi connectivity index (χ4v) is 3.44. The van der Waals surface area contributed by atoms with Crippen molar-refractivity contribution in [3.63, 3.8) is 0 Å². The summed E-state index contributed by atoms with van der Waals surface area (Å²) in [6.45, 7) is 1.16. The van der Waals surface area contributed by atoms with Gasteiger partial charge in [-0.3, -0.25) is 9.69 Å². The van der Waals surface area contributed by atoms with Crippen LogP contribution in [0.15, 0.2) is 23.1 Å². The highest BCUT2D eigenvalue weighted by molar-refractivity contribution is 8.26. The highest BCUT2D eigenvalue weighted by Gasteiger charge is 2.31. The lowest BCUT2D eigenvalue weighted by molar-refractivity contribution is -0.122. The van der Waals surface area contributed by atoms with Crippen molar-refractivity contribution in [2.24, 2.45) is 0 Å². The third-order valence-corrected chi connectivity index (χ3v) is 4.71. The summed E-state index contributed by atoms with van der Waals surface area (Å²) in [5, 5.41) is 0. The molecule has 1 aliphatic rings. The van der Waals surface area contributed by atoms with E-state index in [4.69, 9.17) is 26.4 Å². The highest BCUT2D eigenvalue weighted by atomic mass is 32.2. The number of thioether (sulfide) groups is 1. The van der Waals surface area contributed by atoms with Gasteiger partial charge >= 0.3 is 0 Å². The molecule has 0 saturated carbocycles. The lowest BCUT2D eigenvalue weighted by Gasteiger charge is -2.13. The Balaban J connectivity index is 2.20. The molecule has 0 aromatic heterocycles. The zero-order valence-electron chi connectivity index (χ0n) is 13.3. The number of carbonyl (C=O) groups is 1. The molecule has 23 heavy (non-hydrogen) atoms. The number of carbonyl (C=O) groups excluding carboxylic acids is 1. The second-order valence-electron chi connectivity index (χ2n) is 4.79. The van der Waals surface area contributed by atoms with Crippen LogP contribution in [0, 0.1) is 0 Å². The van der Waals surface area contributed by atoms with Gasteiger partial charge in [0.15, 0.2) is 0 Å². The first-order valence-electron chi connectivity index (χ1n) is 7.07. The van der Waals surface area contributed by atoms with Gasteiger partial charge in [-0.1, -0.05) is 24.0 Å². The van der Waals surface area contributed by atoms with Gasteiger partial charge in [0.05, 0.1) is 19.1 Å². The minimum absolute atomic E-state index is 0.0750. The second kappa shape index (κ2) is 8.33. The van der Waals surface area contributed by atoms with Crippen LogP contribution in [0.25, 0.3) is 6.08 Å². The van der Waals surface area contributed by atoms with E-state index in [1.165, 1.54) is 11.8 Å². The molecule has 0 radical (unpaired) electrons. The topological polar surface area (TPSA) is 48.0 Å². The summed E-state index contributed by atoms with van der Waals surface area (Å²) in [7, 11) is 4.82. The van der Waals surface area contributed by atoms with Gasteiger partial charge in [0, 0.05) is 31.9 Å². The molecule has 0 aliphatic carbocycles. The van der Waals surface area contributed by atoms with Crippen LogP contribution in [0.3, 0.4) is 0 Å². The van der Waals surface area contributed by atoms with Gasteiger partial charge in [-0.2, -0.15) is 0 Å². The first-order valence-corrected chi connectivity index (χ1v) is 8.29. The molecule has 0 atom stereocenters. The van der Waals surface area contributed by atoms with Crippen molar-refractivity contribution in [3.05, 3.63) is 28.7 Å². The predicted molar refractivity (Wildman–Crippen MR) is 95.9 cm³/mol. The molecular weight excluding hydrogens is 334 g/mol. The lowest BCUT2D eigenvalue weighted by Crippen LogP contribution is -2.29. The molecule has 124 valence electrons. The van der Waals surface area contributed by atoms with Crippen molar-refractivity contribution in [2.45, 2.75) is 6.42 Å². The van der Waals surface area contributed by atoms with E-state index in [2.05, 4.69) is 0 Å². The quantitative estimate of drug-likeness (QED) is 0.427. The molecule has 1 fully saturated rings. The smallest absolute Gasteiger partial charge is 0.266 e. The van der Waals surface area contributed by atoms with Crippen LogP contribution >= 0.6 is 24.0 Å². The molecule has 2 rings (SSSR count). The van der Waals surface area contributed by atoms with Crippen molar-refractivity contribution in [3.8, 4) is 11.5 Å². The zero-order chi connectivity index (χ0) is 16.8. The van der Waals surface area contributed by atoms with Gasteiger partial charge < -0.3 is 14.2 Å². The van der Waals surface area contributed by atoms with E-state index in [-0.39, 0.29) is 5.91 Å². The number of hydrogen-bond donors (Lipinski definition) is 0. The number of thiocarbonyl (C=S) groups is 1. The third-order valence-electron chi connectivity index (χ3n) is 3.33. The molecule has 5 nitrogen and oxygen atoms in total. The van der Waals surface area contributed by atoms with E-state index in [0.717, 1.165) is 12.0 Å². The standard InChI is InChI=1S/C16H19NO4S2/c1-19-8-4-7-17-15(18)14(23-16(17)22)9-11-5-6-12(20-2)10-13(11)21-3/h5-6,9-10H,4,7-8H2,1-3H3. The average molecular weight is 353 g/mol. The summed E-state index contributed by atoms with van der Waals surface area (Å²) in [5.74, 6) is 1.27. The highest BCUT2D eigenvalue weighted by Crippen LogP contribution is 2.35. The van der Waals surface area contributed by atoms with Crippen molar-refractivity contribution >= 4 is 40.3 Å². The number of ether oxygens (including phenoxy) is 3. The van der Waals surface area contributed by atoms with Gasteiger partial charge in [-0.15, -0.1) is 0 Å². The molecule has 1 aromatic carbocycles. The lowest BCUT2D eigenvalue weighted by atomic mass is 10.1. The molecule has 0 N–H and O–H groups in total. The van der Waals surface area contributed by atoms with Gasteiger partial charge in [-0.25, -0.2) is 0 Å². The normalized spacial score (nSPS) is 16.3. The number of nitrogens with zero attached hydrogens (tertiary/aromatic N) is 1. The van der Waals surface area contributed by atoms with Gasteiger partial charge in [0.25, 0.3) is 5.91 Å². The number of hydrogen-bond acceptors (Lipinski definition) is 6. The van der Waals surface area contributed by atoms with Crippen LogP contribution in [0.2, 0.25) is 0 Å². The predicted octanol–water partition coefficient (Wildman–Crippen LogP) is 2.94. The monoisotopic (exact) mass is 353 g/mol. The molecule has 1 amide bonds. The van der Waals surface area contributed by atoms with E-state index in [1.807, 2.05) is 12.1 Å². The van der Waals surface area contributed by atoms with Crippen molar-refractivity contribution < 1.29 is 19.0 Å². The molecule has 1 saturated heterocycles. The van der Waals surface area contributed by atoms with E-state index in [1.54, 1.807) is 38.4 Å². The van der Waals surface area contributed by atoms with E-state index >= 15 is 0 Å². The summed E-state index contributed by atoms with van der Waals surface area (Å²) >= 11 is 6.60. The largest absolute Gasteiger partial charge is 0.497 e. The van der Waals surface area contributed by atoms with Gasteiger partial charge in [0.2, 0.25) is 0 Å². The Bertz CT molecular complexity index is 631. The number of benzene rings is 1. The van der Waals surface area contributed by atoms with Crippen molar-refractivity contribution in [1.29, 1.82) is 0 Å². The van der Waals surface area contributed by atoms with E-state index < -0.39 is 0 Å². The Hall–Kier alpha value is -1.57. The SMILES string of the molecule is COCCCN1C(=O)C(=Cc2ccc(OC)cc2OC)SC1=S. The minimum atomic E-state index is -0.0750. The Morgan fingerprint density at radius 2 is 2.04 bits per heavy atom. The fourth-order valence-electron chi connectivity index (χ4n) is 2.14. The zero-order valence-corrected chi connectivity index (χ0v) is 15.0. The molecule has 1 aromatic rings. The molecule has 0 spiro atoms. The first-order chi connectivity index (χ1) is 11.1. The van der Waals surface area contributed by atoms with Crippen LogP contribution < -0.4 is 9.47 Å². The van der Waals surface area contributed by atoms with Gasteiger partial charge in [0.1, 0.15) is 15.8 Å². The Morgan fingerprint density at radius 1 is 1.26 bits per heavy atom. The van der Waals surface area contributed by atoms with Crippen LogP contribution in [0.5, 0.6) is 11.5 Å². The molecular formula is C16H19NO4S2. The Labute approximate surface area is 145 Å². The number of methoxy groups -OCH3 is 3. The van der Waals surface area contributed by atoms with Crippen LogP contribution in [0.1, 0.15) is 12.0 Å². The molecule has 7 heteroatoms. The maximum atomic E-state index is 12.5. The average Bonchev–Trinajstić information content (AvgIpc) is 2.82. The minimum Gasteiger partial charge on any atom is -0.497 e. The maximum Gasteiger partial charge on any atom is 0.266 e. The third kappa shape index (κ3) is 4.25. The first kappa shape index (κ1) is 17.8.